The van der Waals surface area contributed by atoms with Gasteiger partial charge in [-0.3, -0.25) is 0 Å². The maximum atomic E-state index is 15.1. The number of carbonyl (C=O) groups is 1. The Balaban J connectivity index is 1.44. The number of hydrogen-bond donors (Lipinski definition) is 0. The molecule has 7 heteroatoms. The van der Waals surface area contributed by atoms with Crippen molar-refractivity contribution >= 4 is 5.97 Å². The van der Waals surface area contributed by atoms with E-state index in [2.05, 4.69) is 13.5 Å². The van der Waals surface area contributed by atoms with Gasteiger partial charge in [-0.05, 0) is 66.4 Å². The third kappa shape index (κ3) is 6.91. The summed E-state index contributed by atoms with van der Waals surface area (Å²) in [6.45, 7) is 6.52. The third-order valence-electron chi connectivity index (χ3n) is 6.14. The van der Waals surface area contributed by atoms with Gasteiger partial charge >= 0.3 is 5.97 Å². The Hall–Kier alpha value is -4.52. The lowest BCUT2D eigenvalue weighted by molar-refractivity contribution is 0.0734. The van der Waals surface area contributed by atoms with Gasteiger partial charge in [-0.15, -0.1) is 6.58 Å². The van der Waals surface area contributed by atoms with Crippen molar-refractivity contribution in [3.63, 3.8) is 0 Å². The minimum absolute atomic E-state index is 0.00176. The van der Waals surface area contributed by atoms with Gasteiger partial charge in [-0.1, -0.05) is 55.8 Å². The quantitative estimate of drug-likeness (QED) is 0.0771. The number of rotatable bonds is 12. The zero-order valence-electron chi connectivity index (χ0n) is 22.1. The van der Waals surface area contributed by atoms with Crippen LogP contribution in [0.1, 0.15) is 36.5 Å². The largest absolute Gasteiger partial charge is 0.494 e. The van der Waals surface area contributed by atoms with Crippen molar-refractivity contribution in [1.29, 1.82) is 0 Å². The summed E-state index contributed by atoms with van der Waals surface area (Å²) in [5.41, 5.74) is 1.13. The Morgan fingerprint density at radius 3 is 1.93 bits per heavy atom. The summed E-state index contributed by atoms with van der Waals surface area (Å²) in [5.74, 6) is -2.55. The first-order valence-electron chi connectivity index (χ1n) is 13.0. The molecule has 4 aromatic carbocycles. The fourth-order valence-corrected chi connectivity index (χ4v) is 3.93. The van der Waals surface area contributed by atoms with Gasteiger partial charge in [0.2, 0.25) is 0 Å². The van der Waals surface area contributed by atoms with Crippen LogP contribution in [0.25, 0.3) is 22.3 Å². The number of esters is 1. The van der Waals surface area contributed by atoms with Crippen LogP contribution in [0.15, 0.2) is 91.5 Å². The SMILES string of the molecule is C=CCCOc1ccc(C(=O)Oc2ccc(-c3ccc(-c4ccc(OCCCC)cc4)c(F)c3F)cc2)cc1F. The highest BCUT2D eigenvalue weighted by Gasteiger charge is 2.17. The summed E-state index contributed by atoms with van der Waals surface area (Å²) in [6, 6.07) is 19.6. The van der Waals surface area contributed by atoms with Gasteiger partial charge in [-0.2, -0.15) is 0 Å². The number of hydrogen-bond acceptors (Lipinski definition) is 4. The smallest absolute Gasteiger partial charge is 0.343 e. The lowest BCUT2D eigenvalue weighted by Gasteiger charge is -2.11. The summed E-state index contributed by atoms with van der Waals surface area (Å²) in [7, 11) is 0. The van der Waals surface area contributed by atoms with Gasteiger partial charge in [0.05, 0.1) is 18.8 Å². The lowest BCUT2D eigenvalue weighted by atomic mass is 9.98. The molecule has 4 rings (SSSR count). The van der Waals surface area contributed by atoms with Gasteiger partial charge < -0.3 is 14.2 Å². The Kier molecular flexibility index (Phi) is 9.62. The van der Waals surface area contributed by atoms with Crippen LogP contribution in [0.3, 0.4) is 0 Å². The Labute approximate surface area is 231 Å². The molecule has 0 aromatic heterocycles. The van der Waals surface area contributed by atoms with Gasteiger partial charge in [0, 0.05) is 11.1 Å². The molecule has 4 aromatic rings. The molecule has 0 fully saturated rings. The molecule has 0 N–H and O–H groups in total. The van der Waals surface area contributed by atoms with Crippen LogP contribution < -0.4 is 14.2 Å². The van der Waals surface area contributed by atoms with Crippen molar-refractivity contribution in [3.05, 3.63) is 115 Å². The molecule has 0 atom stereocenters. The third-order valence-corrected chi connectivity index (χ3v) is 6.14. The predicted molar refractivity (Wildman–Crippen MR) is 149 cm³/mol. The monoisotopic (exact) mass is 546 g/mol. The lowest BCUT2D eigenvalue weighted by Crippen LogP contribution is -2.09. The van der Waals surface area contributed by atoms with E-state index in [0.29, 0.717) is 29.9 Å². The molecule has 0 amide bonds. The molecule has 0 aliphatic carbocycles. The average molecular weight is 547 g/mol. The van der Waals surface area contributed by atoms with Crippen molar-refractivity contribution in [2.45, 2.75) is 26.2 Å². The summed E-state index contributed by atoms with van der Waals surface area (Å²) >= 11 is 0. The van der Waals surface area contributed by atoms with Crippen LogP contribution in [-0.2, 0) is 0 Å². The number of unbranched alkanes of at least 4 members (excludes halogenated alkanes) is 1. The molecular weight excluding hydrogens is 517 g/mol. The summed E-state index contributed by atoms with van der Waals surface area (Å²) in [5, 5.41) is 0. The molecule has 40 heavy (non-hydrogen) atoms. The Morgan fingerprint density at radius 1 is 0.775 bits per heavy atom. The fraction of sp³-hybridized carbons (Fsp3) is 0.182. The zero-order valence-corrected chi connectivity index (χ0v) is 22.1. The first kappa shape index (κ1) is 28.5. The molecule has 0 heterocycles. The van der Waals surface area contributed by atoms with E-state index in [1.807, 2.05) is 0 Å². The van der Waals surface area contributed by atoms with E-state index in [1.54, 1.807) is 30.3 Å². The average Bonchev–Trinajstić information content (AvgIpc) is 2.96. The fourth-order valence-electron chi connectivity index (χ4n) is 3.93. The van der Waals surface area contributed by atoms with Crippen LogP contribution in [0.5, 0.6) is 17.2 Å². The van der Waals surface area contributed by atoms with Crippen LogP contribution in [0.4, 0.5) is 13.2 Å². The number of benzene rings is 4. The van der Waals surface area contributed by atoms with Crippen LogP contribution in [0, 0.1) is 17.5 Å². The molecule has 0 radical (unpaired) electrons. The standard InChI is InChI=1S/C33H29F3O4/c1-3-5-19-38-25-12-7-22(8-13-25)27-16-17-28(32(36)31(27)35)23-9-14-26(15-10-23)40-33(37)24-11-18-30(29(34)21-24)39-20-6-4-2/h4,7-18,21H,2-3,5-6,19-20H2,1H3. The molecule has 0 spiro atoms. The van der Waals surface area contributed by atoms with Gasteiger partial charge in [-0.25, -0.2) is 18.0 Å². The van der Waals surface area contributed by atoms with Crippen molar-refractivity contribution in [2.24, 2.45) is 0 Å². The first-order chi connectivity index (χ1) is 19.4. The molecular formula is C33H29F3O4. The number of ether oxygens (including phenoxy) is 3. The maximum absolute atomic E-state index is 15.1. The summed E-state index contributed by atoms with van der Waals surface area (Å²) in [4.78, 5) is 12.5. The summed E-state index contributed by atoms with van der Waals surface area (Å²) < 4.78 is 60.6. The normalized spacial score (nSPS) is 10.7. The number of carbonyl (C=O) groups excluding carboxylic acids is 1. The maximum Gasteiger partial charge on any atom is 0.343 e. The minimum Gasteiger partial charge on any atom is -0.494 e. The highest BCUT2D eigenvalue weighted by atomic mass is 19.2. The second-order valence-corrected chi connectivity index (χ2v) is 9.00. The van der Waals surface area contributed by atoms with E-state index in [1.165, 1.54) is 48.5 Å². The molecule has 206 valence electrons. The van der Waals surface area contributed by atoms with Gasteiger partial charge in [0.25, 0.3) is 0 Å². The Bertz CT molecular complexity index is 1460. The highest BCUT2D eigenvalue weighted by molar-refractivity contribution is 5.91. The second kappa shape index (κ2) is 13.5. The topological polar surface area (TPSA) is 44.8 Å². The number of halogens is 3. The van der Waals surface area contributed by atoms with Crippen molar-refractivity contribution in [1.82, 2.24) is 0 Å². The molecule has 0 saturated heterocycles. The van der Waals surface area contributed by atoms with Crippen LogP contribution >= 0.6 is 0 Å². The van der Waals surface area contributed by atoms with E-state index in [9.17, 15) is 9.18 Å². The first-order valence-corrected chi connectivity index (χ1v) is 13.0. The summed E-state index contributed by atoms with van der Waals surface area (Å²) in [6.07, 6.45) is 4.17. The molecule has 0 unspecified atom stereocenters. The van der Waals surface area contributed by atoms with Crippen LogP contribution in [-0.4, -0.2) is 19.2 Å². The van der Waals surface area contributed by atoms with E-state index < -0.39 is 23.4 Å². The molecule has 4 nitrogen and oxygen atoms in total. The zero-order chi connectivity index (χ0) is 28.5. The van der Waals surface area contributed by atoms with E-state index in [0.717, 1.165) is 18.9 Å². The highest BCUT2D eigenvalue weighted by Crippen LogP contribution is 2.33. The van der Waals surface area contributed by atoms with Gasteiger partial charge in [0.15, 0.2) is 23.2 Å². The molecule has 0 bridgehead atoms. The van der Waals surface area contributed by atoms with Crippen molar-refractivity contribution < 1.29 is 32.2 Å². The molecule has 0 saturated carbocycles. The van der Waals surface area contributed by atoms with Gasteiger partial charge in [0.1, 0.15) is 11.5 Å². The van der Waals surface area contributed by atoms with Crippen molar-refractivity contribution in [3.8, 4) is 39.5 Å². The molecule has 0 aliphatic heterocycles. The predicted octanol–water partition coefficient (Wildman–Crippen LogP) is 8.79. The van der Waals surface area contributed by atoms with Crippen molar-refractivity contribution in [2.75, 3.05) is 13.2 Å². The van der Waals surface area contributed by atoms with E-state index in [4.69, 9.17) is 14.2 Å². The minimum atomic E-state index is -0.989. The van der Waals surface area contributed by atoms with Crippen LogP contribution in [0.2, 0.25) is 0 Å². The van der Waals surface area contributed by atoms with E-state index >= 15 is 8.78 Å². The molecule has 0 aliphatic rings. The van der Waals surface area contributed by atoms with E-state index in [-0.39, 0.29) is 34.8 Å². The Morgan fingerprint density at radius 2 is 1.38 bits per heavy atom. The second-order valence-electron chi connectivity index (χ2n) is 9.00.